The van der Waals surface area contributed by atoms with Gasteiger partial charge in [0.15, 0.2) is 0 Å². The van der Waals surface area contributed by atoms with Gasteiger partial charge in [-0.05, 0) is 48.6 Å². The Bertz CT molecular complexity index is 1630. The van der Waals surface area contributed by atoms with Crippen LogP contribution in [-0.4, -0.2) is 48.0 Å². The molecule has 0 aliphatic carbocycles. The monoisotopic (exact) mass is 655 g/mol. The van der Waals surface area contributed by atoms with Crippen molar-refractivity contribution in [2.75, 3.05) is 13.2 Å². The minimum Gasteiger partial charge on any atom is -0.444 e. The number of ether oxygens (including phenoxy) is 4. The average molecular weight is 656 g/mol. The molecule has 49 heavy (non-hydrogen) atoms. The van der Waals surface area contributed by atoms with Crippen LogP contribution < -0.4 is 0 Å². The highest BCUT2D eigenvalue weighted by molar-refractivity contribution is 5.69. The molecule has 1 saturated heterocycles. The predicted molar refractivity (Wildman–Crippen MR) is 192 cm³/mol. The molecule has 0 radical (unpaired) electrons. The third kappa shape index (κ3) is 8.28. The SMILES string of the molecule is CC(C)(C)OC(=O)N1C[C@H](OCc2ccccc2)[C@@H](OCc2ccccc2)[C@H]1COC(c1ccccc1)(c1ccccc1)c1ccccc1. The van der Waals surface area contributed by atoms with Gasteiger partial charge in [0.2, 0.25) is 0 Å². The van der Waals surface area contributed by atoms with Crippen molar-refractivity contribution in [1.82, 2.24) is 4.90 Å². The molecule has 6 nitrogen and oxygen atoms in total. The predicted octanol–water partition coefficient (Wildman–Crippen LogP) is 8.79. The number of likely N-dealkylation sites (tertiary alicyclic amines) is 1. The molecular weight excluding hydrogens is 610 g/mol. The molecule has 5 aromatic rings. The Morgan fingerprint density at radius 1 is 0.612 bits per heavy atom. The van der Waals surface area contributed by atoms with E-state index >= 15 is 0 Å². The van der Waals surface area contributed by atoms with Gasteiger partial charge in [0, 0.05) is 0 Å². The lowest BCUT2D eigenvalue weighted by Crippen LogP contribution is -2.48. The lowest BCUT2D eigenvalue weighted by Gasteiger charge is -2.38. The Morgan fingerprint density at radius 2 is 1.02 bits per heavy atom. The van der Waals surface area contributed by atoms with E-state index in [0.717, 1.165) is 27.8 Å². The number of benzene rings is 5. The highest BCUT2D eigenvalue weighted by Gasteiger charge is 2.49. The first-order valence-corrected chi connectivity index (χ1v) is 16.9. The van der Waals surface area contributed by atoms with Crippen LogP contribution in [0.15, 0.2) is 152 Å². The summed E-state index contributed by atoms with van der Waals surface area (Å²) >= 11 is 0. The van der Waals surface area contributed by atoms with E-state index in [1.807, 2.05) is 136 Å². The maximum atomic E-state index is 14.0. The van der Waals surface area contributed by atoms with Gasteiger partial charge in [0.25, 0.3) is 0 Å². The Kier molecular flexibility index (Phi) is 10.9. The topological polar surface area (TPSA) is 57.2 Å². The van der Waals surface area contributed by atoms with Gasteiger partial charge >= 0.3 is 6.09 Å². The molecule has 0 bridgehead atoms. The standard InChI is InChI=1S/C43H45NO5/c1-42(2,3)49-41(45)44-29-39(46-30-33-19-9-4-10-20-33)40(47-31-34-21-11-5-12-22-34)38(44)32-48-43(35-23-13-6-14-24-35,36-25-15-7-16-26-36)37-27-17-8-18-28-37/h4-28,38-40H,29-32H2,1-3H3/t38-,39+,40+/m1/s1. The summed E-state index contributed by atoms with van der Waals surface area (Å²) in [5.41, 5.74) is 3.36. The smallest absolute Gasteiger partial charge is 0.410 e. The molecule has 3 atom stereocenters. The Morgan fingerprint density at radius 3 is 1.45 bits per heavy atom. The maximum absolute atomic E-state index is 14.0. The largest absolute Gasteiger partial charge is 0.444 e. The number of hydrogen-bond acceptors (Lipinski definition) is 5. The lowest BCUT2D eigenvalue weighted by atomic mass is 9.80. The van der Waals surface area contributed by atoms with Crippen molar-refractivity contribution in [2.45, 2.75) is 63.4 Å². The molecule has 1 aliphatic rings. The molecule has 0 N–H and O–H groups in total. The summed E-state index contributed by atoms with van der Waals surface area (Å²) in [7, 11) is 0. The summed E-state index contributed by atoms with van der Waals surface area (Å²) in [6.45, 7) is 6.83. The van der Waals surface area contributed by atoms with Crippen LogP contribution in [0.25, 0.3) is 0 Å². The maximum Gasteiger partial charge on any atom is 0.410 e. The summed E-state index contributed by atoms with van der Waals surface area (Å²) < 4.78 is 26.6. The van der Waals surface area contributed by atoms with Gasteiger partial charge < -0.3 is 18.9 Å². The van der Waals surface area contributed by atoms with E-state index in [0.29, 0.717) is 19.8 Å². The van der Waals surface area contributed by atoms with Gasteiger partial charge in [0.05, 0.1) is 32.4 Å². The average Bonchev–Trinajstić information content (AvgIpc) is 3.49. The zero-order chi connectivity index (χ0) is 34.1. The zero-order valence-electron chi connectivity index (χ0n) is 28.5. The van der Waals surface area contributed by atoms with Crippen LogP contribution in [0.1, 0.15) is 48.6 Å². The second-order valence-electron chi connectivity index (χ2n) is 13.4. The minimum absolute atomic E-state index is 0.155. The second-order valence-corrected chi connectivity index (χ2v) is 13.4. The van der Waals surface area contributed by atoms with E-state index < -0.39 is 35.5 Å². The summed E-state index contributed by atoms with van der Waals surface area (Å²) in [5.74, 6) is 0. The number of carbonyl (C=O) groups excluding carboxylic acids is 1. The highest BCUT2D eigenvalue weighted by Crippen LogP contribution is 2.41. The van der Waals surface area contributed by atoms with E-state index in [9.17, 15) is 4.79 Å². The van der Waals surface area contributed by atoms with Crippen LogP contribution in [-0.2, 0) is 37.8 Å². The van der Waals surface area contributed by atoms with Crippen LogP contribution >= 0.6 is 0 Å². The second kappa shape index (κ2) is 15.6. The summed E-state index contributed by atoms with van der Waals surface area (Å²) in [5, 5.41) is 0. The van der Waals surface area contributed by atoms with Crippen LogP contribution in [0, 0.1) is 0 Å². The summed E-state index contributed by atoms with van der Waals surface area (Å²) in [4.78, 5) is 15.7. The molecule has 1 amide bonds. The van der Waals surface area contributed by atoms with E-state index in [2.05, 4.69) is 36.4 Å². The summed E-state index contributed by atoms with van der Waals surface area (Å²) in [6, 6.07) is 50.3. The van der Waals surface area contributed by atoms with E-state index in [1.165, 1.54) is 0 Å². The molecule has 0 unspecified atom stereocenters. The molecule has 6 rings (SSSR count). The molecule has 252 valence electrons. The first kappa shape index (κ1) is 34.1. The normalized spacial score (nSPS) is 17.9. The van der Waals surface area contributed by atoms with Crippen LogP contribution in [0.3, 0.4) is 0 Å². The molecular formula is C43H45NO5. The molecule has 0 saturated carbocycles. The molecule has 6 heteroatoms. The van der Waals surface area contributed by atoms with Crippen molar-refractivity contribution in [2.24, 2.45) is 0 Å². The van der Waals surface area contributed by atoms with Crippen LogP contribution in [0.2, 0.25) is 0 Å². The summed E-state index contributed by atoms with van der Waals surface area (Å²) in [6.07, 6.45) is -1.36. The minimum atomic E-state index is -0.976. The van der Waals surface area contributed by atoms with Gasteiger partial charge in [0.1, 0.15) is 23.4 Å². The Hall–Kier alpha value is -4.75. The van der Waals surface area contributed by atoms with Crippen molar-refractivity contribution >= 4 is 6.09 Å². The van der Waals surface area contributed by atoms with Crippen molar-refractivity contribution in [3.8, 4) is 0 Å². The van der Waals surface area contributed by atoms with Crippen molar-refractivity contribution in [1.29, 1.82) is 0 Å². The Labute approximate surface area is 290 Å². The molecule has 1 fully saturated rings. The number of rotatable bonds is 12. The first-order chi connectivity index (χ1) is 23.8. The third-order valence-electron chi connectivity index (χ3n) is 8.75. The lowest BCUT2D eigenvalue weighted by molar-refractivity contribution is -0.0926. The highest BCUT2D eigenvalue weighted by atomic mass is 16.6. The fourth-order valence-corrected chi connectivity index (χ4v) is 6.46. The first-order valence-electron chi connectivity index (χ1n) is 16.9. The third-order valence-corrected chi connectivity index (χ3v) is 8.75. The van der Waals surface area contributed by atoms with E-state index in [1.54, 1.807) is 4.90 Å². The molecule has 0 aromatic heterocycles. The molecule has 1 heterocycles. The van der Waals surface area contributed by atoms with Gasteiger partial charge in [-0.25, -0.2) is 4.79 Å². The van der Waals surface area contributed by atoms with Crippen LogP contribution in [0.5, 0.6) is 0 Å². The van der Waals surface area contributed by atoms with Gasteiger partial charge in [-0.2, -0.15) is 0 Å². The quantitative estimate of drug-likeness (QED) is 0.126. The van der Waals surface area contributed by atoms with Gasteiger partial charge in [-0.15, -0.1) is 0 Å². The molecule has 0 spiro atoms. The van der Waals surface area contributed by atoms with Gasteiger partial charge in [-0.3, -0.25) is 4.90 Å². The van der Waals surface area contributed by atoms with Crippen molar-refractivity contribution in [3.63, 3.8) is 0 Å². The van der Waals surface area contributed by atoms with Crippen molar-refractivity contribution < 1.29 is 23.7 Å². The van der Waals surface area contributed by atoms with Crippen molar-refractivity contribution in [3.05, 3.63) is 179 Å². The Balaban J connectivity index is 1.40. The molecule has 5 aromatic carbocycles. The number of carbonyl (C=O) groups is 1. The number of amides is 1. The number of hydrogen-bond donors (Lipinski definition) is 0. The molecule has 1 aliphatic heterocycles. The zero-order valence-corrected chi connectivity index (χ0v) is 28.5. The van der Waals surface area contributed by atoms with E-state index in [-0.39, 0.29) is 6.61 Å². The van der Waals surface area contributed by atoms with E-state index in [4.69, 9.17) is 18.9 Å². The van der Waals surface area contributed by atoms with Crippen LogP contribution in [0.4, 0.5) is 4.79 Å². The van der Waals surface area contributed by atoms with Gasteiger partial charge in [-0.1, -0.05) is 152 Å². The number of nitrogens with zero attached hydrogens (tertiary/aromatic N) is 1. The fraction of sp³-hybridized carbons (Fsp3) is 0.279. The fourth-order valence-electron chi connectivity index (χ4n) is 6.46.